The summed E-state index contributed by atoms with van der Waals surface area (Å²) in [5, 5.41) is 12.5. The Morgan fingerprint density at radius 1 is 1.54 bits per heavy atom. The quantitative estimate of drug-likeness (QED) is 0.652. The molecule has 1 aromatic carbocycles. The monoisotopic (exact) mass is 354 g/mol. The van der Waals surface area contributed by atoms with E-state index in [1.807, 2.05) is 19.9 Å². The van der Waals surface area contributed by atoms with Crippen LogP contribution in [0.5, 0.6) is 0 Å². The van der Waals surface area contributed by atoms with Gasteiger partial charge in [-0.15, -0.1) is 0 Å². The summed E-state index contributed by atoms with van der Waals surface area (Å²) in [6, 6.07) is 6.77. The fourth-order valence-corrected chi connectivity index (χ4v) is 3.87. The first-order valence-electron chi connectivity index (χ1n) is 8.23. The van der Waals surface area contributed by atoms with E-state index in [0.29, 0.717) is 19.6 Å². The van der Waals surface area contributed by atoms with Crippen LogP contribution in [0.25, 0.3) is 0 Å². The van der Waals surface area contributed by atoms with Crippen LogP contribution in [0.4, 0.5) is 0 Å². The second-order valence-electron chi connectivity index (χ2n) is 6.46. The van der Waals surface area contributed by atoms with Gasteiger partial charge in [0.05, 0.1) is 17.7 Å². The first kappa shape index (κ1) is 19.0. The highest BCUT2D eigenvalue weighted by Gasteiger charge is 2.43. The van der Waals surface area contributed by atoms with Crippen molar-refractivity contribution in [3.05, 3.63) is 35.4 Å². The molecule has 0 aromatic heterocycles. The average molecular weight is 354 g/mol. The lowest BCUT2D eigenvalue weighted by Gasteiger charge is -2.39. The number of hydrogen-bond acceptors (Lipinski definition) is 4. The third-order valence-electron chi connectivity index (χ3n) is 4.59. The van der Waals surface area contributed by atoms with Crippen LogP contribution in [-0.2, 0) is 14.8 Å². The van der Waals surface area contributed by atoms with E-state index >= 15 is 0 Å². The second-order valence-corrected chi connectivity index (χ2v) is 7.73. The Bertz CT molecular complexity index is 598. The molecule has 1 aliphatic heterocycles. The number of carbonyl (C=O) groups is 1. The van der Waals surface area contributed by atoms with Gasteiger partial charge < -0.3 is 15.2 Å². The minimum Gasteiger partial charge on any atom is -0.478 e. The highest BCUT2D eigenvalue weighted by atomic mass is 31.1. The molecule has 1 aromatic rings. The number of hydrogen-bond donors (Lipinski definition) is 3. The Kier molecular flexibility index (Phi) is 6.47. The molecule has 1 aliphatic rings. The van der Waals surface area contributed by atoms with E-state index in [4.69, 9.17) is 9.84 Å². The van der Waals surface area contributed by atoms with Crippen LogP contribution in [0.1, 0.15) is 49.0 Å². The lowest BCUT2D eigenvalue weighted by atomic mass is 9.89. The molecule has 6 nitrogen and oxygen atoms in total. The maximum absolute atomic E-state index is 11.6. The second kappa shape index (κ2) is 8.17. The normalized spacial score (nSPS) is 26.0. The van der Waals surface area contributed by atoms with Gasteiger partial charge in [-0.3, -0.25) is 0 Å². The third kappa shape index (κ3) is 4.39. The van der Waals surface area contributed by atoms with Gasteiger partial charge in [-0.1, -0.05) is 25.5 Å². The Morgan fingerprint density at radius 2 is 2.29 bits per heavy atom. The van der Waals surface area contributed by atoms with Crippen molar-refractivity contribution in [2.45, 2.75) is 50.4 Å². The molecule has 2 rings (SSSR count). The first-order chi connectivity index (χ1) is 11.4. The topological polar surface area (TPSA) is 95.9 Å². The fourth-order valence-electron chi connectivity index (χ4n) is 2.99. The number of aromatic carboxylic acids is 1. The van der Waals surface area contributed by atoms with Crippen LogP contribution < -0.4 is 5.32 Å². The lowest BCUT2D eigenvalue weighted by Crippen LogP contribution is -2.55. The standard InChI is InChI=1S/C17H24NO5P/c1-3-4-8-15(24(21)22)14-10-18-17(2,11-23-14)13-7-5-6-12(9-13)16(19)20/h5-7,9,14-15,18H,3-4,8,10-11H2,1-2H3,(H-,19,20,21,22)/p+1/t14-,15?,17+/m1/s1. The molecule has 24 heavy (non-hydrogen) atoms. The smallest absolute Gasteiger partial charge is 0.478 e. The predicted octanol–water partition coefficient (Wildman–Crippen LogP) is 2.88. The third-order valence-corrected chi connectivity index (χ3v) is 5.75. The van der Waals surface area contributed by atoms with Gasteiger partial charge in [0.15, 0.2) is 0 Å². The molecule has 1 saturated heterocycles. The molecular formula is C17H25NO5P+. The molecule has 0 spiro atoms. The van der Waals surface area contributed by atoms with Gasteiger partial charge in [0.2, 0.25) is 5.66 Å². The molecule has 0 bridgehead atoms. The zero-order valence-corrected chi connectivity index (χ0v) is 15.0. The molecular weight excluding hydrogens is 329 g/mol. The summed E-state index contributed by atoms with van der Waals surface area (Å²) in [7, 11) is -2.29. The van der Waals surface area contributed by atoms with Crippen molar-refractivity contribution in [2.75, 3.05) is 13.2 Å². The molecule has 0 radical (unpaired) electrons. The zero-order valence-electron chi connectivity index (χ0n) is 14.1. The van der Waals surface area contributed by atoms with Gasteiger partial charge in [-0.2, -0.15) is 4.89 Å². The number of benzene rings is 1. The van der Waals surface area contributed by atoms with Crippen LogP contribution in [0.15, 0.2) is 24.3 Å². The largest absolute Gasteiger partial charge is 0.511 e. The van der Waals surface area contributed by atoms with E-state index < -0.39 is 19.5 Å². The molecule has 132 valence electrons. The van der Waals surface area contributed by atoms with Crippen molar-refractivity contribution >= 4 is 14.0 Å². The van der Waals surface area contributed by atoms with E-state index in [2.05, 4.69) is 5.32 Å². The van der Waals surface area contributed by atoms with E-state index in [1.54, 1.807) is 18.2 Å². The SMILES string of the molecule is CCCCC([C@H]1CN[C@](C)(c2cccc(C(=O)O)c2)CO1)[P+](=O)O. The minimum absolute atomic E-state index is 0.233. The number of rotatable bonds is 7. The van der Waals surface area contributed by atoms with E-state index in [9.17, 15) is 14.3 Å². The van der Waals surface area contributed by atoms with Crippen LogP contribution in [0.2, 0.25) is 0 Å². The summed E-state index contributed by atoms with van der Waals surface area (Å²) in [4.78, 5) is 20.7. The Labute approximate surface area is 143 Å². The van der Waals surface area contributed by atoms with E-state index in [0.717, 1.165) is 18.4 Å². The molecule has 3 N–H and O–H groups in total. The molecule has 7 heteroatoms. The molecule has 2 unspecified atom stereocenters. The summed E-state index contributed by atoms with van der Waals surface area (Å²) < 4.78 is 17.5. The molecule has 1 fully saturated rings. The Balaban J connectivity index is 2.08. The zero-order chi connectivity index (χ0) is 17.7. The van der Waals surface area contributed by atoms with Crippen molar-refractivity contribution in [3.63, 3.8) is 0 Å². The summed E-state index contributed by atoms with van der Waals surface area (Å²) in [6.07, 6.45) is 2.23. The molecule has 0 saturated carbocycles. The summed E-state index contributed by atoms with van der Waals surface area (Å²) in [5.74, 6) is -0.966. The molecule has 0 aliphatic carbocycles. The lowest BCUT2D eigenvalue weighted by molar-refractivity contribution is -0.0324. The number of carboxylic acid groups (broad SMARTS) is 1. The van der Waals surface area contributed by atoms with Crippen molar-refractivity contribution in [1.82, 2.24) is 5.32 Å². The van der Waals surface area contributed by atoms with Crippen molar-refractivity contribution in [2.24, 2.45) is 0 Å². The summed E-state index contributed by atoms with van der Waals surface area (Å²) in [5.41, 5.74) is 0.178. The first-order valence-corrected chi connectivity index (χ1v) is 9.51. The summed E-state index contributed by atoms with van der Waals surface area (Å²) in [6.45, 7) is 4.79. The van der Waals surface area contributed by atoms with Gasteiger partial charge in [0.25, 0.3) is 0 Å². The van der Waals surface area contributed by atoms with Gasteiger partial charge >= 0.3 is 14.0 Å². The highest BCUT2D eigenvalue weighted by Crippen LogP contribution is 2.35. The van der Waals surface area contributed by atoms with E-state index in [-0.39, 0.29) is 17.3 Å². The van der Waals surface area contributed by atoms with E-state index in [1.165, 1.54) is 0 Å². The van der Waals surface area contributed by atoms with Crippen LogP contribution in [0.3, 0.4) is 0 Å². The van der Waals surface area contributed by atoms with Crippen molar-refractivity contribution in [1.29, 1.82) is 0 Å². The number of ether oxygens (including phenoxy) is 1. The van der Waals surface area contributed by atoms with Crippen LogP contribution in [-0.4, -0.2) is 40.9 Å². The minimum atomic E-state index is -2.29. The summed E-state index contributed by atoms with van der Waals surface area (Å²) >= 11 is 0. The van der Waals surface area contributed by atoms with Crippen molar-refractivity contribution < 1.29 is 24.1 Å². The van der Waals surface area contributed by atoms with Gasteiger partial charge in [0.1, 0.15) is 6.10 Å². The number of unbranched alkanes of at least 4 members (excludes halogenated alkanes) is 1. The van der Waals surface area contributed by atoms with Gasteiger partial charge in [-0.05, 0) is 42.0 Å². The maximum atomic E-state index is 11.6. The number of carboxylic acids is 1. The maximum Gasteiger partial charge on any atom is 0.511 e. The average Bonchev–Trinajstić information content (AvgIpc) is 2.56. The molecule has 1 heterocycles. The predicted molar refractivity (Wildman–Crippen MR) is 91.6 cm³/mol. The Hall–Kier alpha value is -1.33. The van der Waals surface area contributed by atoms with Gasteiger partial charge in [0, 0.05) is 6.54 Å². The van der Waals surface area contributed by atoms with Crippen LogP contribution in [0, 0.1) is 0 Å². The van der Waals surface area contributed by atoms with Gasteiger partial charge in [-0.25, -0.2) is 4.79 Å². The molecule has 0 amide bonds. The van der Waals surface area contributed by atoms with Crippen LogP contribution >= 0.6 is 8.03 Å². The Morgan fingerprint density at radius 3 is 2.83 bits per heavy atom. The molecule has 4 atom stereocenters. The number of morpholine rings is 1. The van der Waals surface area contributed by atoms with Crippen molar-refractivity contribution in [3.8, 4) is 0 Å². The number of nitrogens with one attached hydrogen (secondary N) is 1. The fraction of sp³-hybridized carbons (Fsp3) is 0.588. The highest BCUT2D eigenvalue weighted by molar-refractivity contribution is 7.39.